The van der Waals surface area contributed by atoms with E-state index in [9.17, 15) is 13.6 Å². The number of carbonyl (C=O) groups is 1. The minimum absolute atomic E-state index is 0.209. The van der Waals surface area contributed by atoms with Crippen molar-refractivity contribution in [1.82, 2.24) is 9.97 Å². The zero-order valence-electron chi connectivity index (χ0n) is 9.70. The molecule has 1 aromatic heterocycles. The molecule has 4 nitrogen and oxygen atoms in total. The van der Waals surface area contributed by atoms with Gasteiger partial charge in [-0.15, -0.1) is 0 Å². The fraction of sp³-hybridized carbons (Fsp3) is 0.545. The van der Waals surface area contributed by atoms with E-state index in [2.05, 4.69) is 31.2 Å². The lowest BCUT2D eigenvalue weighted by atomic mass is 10.1. The van der Waals surface area contributed by atoms with Crippen molar-refractivity contribution in [3.8, 4) is 0 Å². The van der Waals surface area contributed by atoms with E-state index in [1.165, 1.54) is 12.5 Å². The fourth-order valence-corrected chi connectivity index (χ4v) is 1.59. The summed E-state index contributed by atoms with van der Waals surface area (Å²) in [6.07, 6.45) is 3.59. The van der Waals surface area contributed by atoms with Crippen molar-refractivity contribution in [2.75, 3.05) is 10.6 Å². The van der Waals surface area contributed by atoms with Gasteiger partial charge in [0.05, 0.1) is 5.33 Å². The Morgan fingerprint density at radius 1 is 1.44 bits per heavy atom. The first kappa shape index (κ1) is 14.9. The van der Waals surface area contributed by atoms with Gasteiger partial charge in [0, 0.05) is 19.0 Å². The molecule has 0 aliphatic heterocycles. The third-order valence-corrected chi connectivity index (χ3v) is 3.06. The van der Waals surface area contributed by atoms with Crippen LogP contribution in [0.1, 0.15) is 25.7 Å². The Labute approximate surface area is 112 Å². The Morgan fingerprint density at radius 3 is 2.83 bits per heavy atom. The second-order valence-electron chi connectivity index (χ2n) is 3.84. The summed E-state index contributed by atoms with van der Waals surface area (Å²) in [5.41, 5.74) is 0. The van der Waals surface area contributed by atoms with Crippen molar-refractivity contribution in [1.29, 1.82) is 0 Å². The minimum Gasteiger partial charge on any atom is -0.311 e. The van der Waals surface area contributed by atoms with Gasteiger partial charge in [-0.1, -0.05) is 15.9 Å². The molecule has 7 heteroatoms. The molecule has 0 aliphatic carbocycles. The van der Waals surface area contributed by atoms with Crippen LogP contribution < -0.4 is 5.32 Å². The molecule has 0 fully saturated rings. The van der Waals surface area contributed by atoms with Gasteiger partial charge in [-0.25, -0.2) is 18.7 Å². The van der Waals surface area contributed by atoms with Gasteiger partial charge in [-0.3, -0.25) is 4.79 Å². The molecule has 1 amide bonds. The van der Waals surface area contributed by atoms with Crippen LogP contribution in [-0.4, -0.2) is 27.1 Å². The zero-order valence-corrected chi connectivity index (χ0v) is 11.3. The topological polar surface area (TPSA) is 54.9 Å². The fourth-order valence-electron chi connectivity index (χ4n) is 1.31. The van der Waals surface area contributed by atoms with Gasteiger partial charge in [-0.05, 0) is 18.9 Å². The molecule has 0 bridgehead atoms. The average molecular weight is 322 g/mol. The molecule has 1 rings (SSSR count). The summed E-state index contributed by atoms with van der Waals surface area (Å²) in [5.74, 6) is -2.50. The van der Waals surface area contributed by atoms with Crippen LogP contribution in [0.25, 0.3) is 0 Å². The van der Waals surface area contributed by atoms with E-state index in [1.54, 1.807) is 6.07 Å². The van der Waals surface area contributed by atoms with Crippen LogP contribution in [-0.2, 0) is 4.79 Å². The molecule has 0 spiro atoms. The number of alkyl halides is 3. The van der Waals surface area contributed by atoms with E-state index < -0.39 is 5.92 Å². The van der Waals surface area contributed by atoms with Crippen molar-refractivity contribution in [2.24, 2.45) is 0 Å². The summed E-state index contributed by atoms with van der Waals surface area (Å²) in [7, 11) is 0. The van der Waals surface area contributed by atoms with Gasteiger partial charge in [0.15, 0.2) is 0 Å². The monoisotopic (exact) mass is 321 g/mol. The standard InChI is InChI=1S/C11H14BrF2N3O/c12-7-11(13,14)5-2-1-3-10(18)17-9-4-6-15-8-16-9/h4,6,8H,1-3,5,7H2,(H,15,16,17,18). The Kier molecular flexibility index (Phi) is 6.11. The summed E-state index contributed by atoms with van der Waals surface area (Å²) >= 11 is 2.75. The lowest BCUT2D eigenvalue weighted by Gasteiger charge is -2.12. The van der Waals surface area contributed by atoms with E-state index in [4.69, 9.17) is 0 Å². The third kappa shape index (κ3) is 6.00. The SMILES string of the molecule is O=C(CCCCC(F)(F)CBr)Nc1ccncn1. The highest BCUT2D eigenvalue weighted by atomic mass is 79.9. The van der Waals surface area contributed by atoms with Crippen molar-refractivity contribution in [3.05, 3.63) is 18.6 Å². The summed E-state index contributed by atoms with van der Waals surface area (Å²) in [6, 6.07) is 1.57. The lowest BCUT2D eigenvalue weighted by Crippen LogP contribution is -2.18. The number of aromatic nitrogens is 2. The maximum Gasteiger partial charge on any atom is 0.257 e. The van der Waals surface area contributed by atoms with Crippen LogP contribution >= 0.6 is 15.9 Å². The number of hydrogen-bond acceptors (Lipinski definition) is 3. The zero-order chi connectivity index (χ0) is 13.4. The highest BCUT2D eigenvalue weighted by Gasteiger charge is 2.26. The van der Waals surface area contributed by atoms with Crippen LogP contribution in [0.2, 0.25) is 0 Å². The van der Waals surface area contributed by atoms with Gasteiger partial charge < -0.3 is 5.32 Å². The number of anilines is 1. The van der Waals surface area contributed by atoms with Crippen molar-refractivity contribution < 1.29 is 13.6 Å². The van der Waals surface area contributed by atoms with Gasteiger partial charge in [0.1, 0.15) is 12.1 Å². The number of nitrogens with zero attached hydrogens (tertiary/aromatic N) is 2. The molecule has 1 heterocycles. The number of hydrogen-bond donors (Lipinski definition) is 1. The van der Waals surface area contributed by atoms with Crippen LogP contribution in [0.4, 0.5) is 14.6 Å². The quantitative estimate of drug-likeness (QED) is 0.620. The molecule has 0 atom stereocenters. The molecule has 1 aromatic rings. The maximum atomic E-state index is 12.9. The van der Waals surface area contributed by atoms with E-state index in [0.717, 1.165) is 0 Å². The molecular formula is C11H14BrF2N3O. The van der Waals surface area contributed by atoms with Crippen molar-refractivity contribution in [3.63, 3.8) is 0 Å². The van der Waals surface area contributed by atoms with Gasteiger partial charge in [0.2, 0.25) is 5.91 Å². The lowest BCUT2D eigenvalue weighted by molar-refractivity contribution is -0.116. The van der Waals surface area contributed by atoms with Crippen LogP contribution in [0.3, 0.4) is 0 Å². The first-order valence-corrected chi connectivity index (χ1v) is 6.65. The average Bonchev–Trinajstić information content (AvgIpc) is 2.36. The molecule has 0 aromatic carbocycles. The second kappa shape index (κ2) is 7.35. The third-order valence-electron chi connectivity index (χ3n) is 2.24. The minimum atomic E-state index is -2.69. The molecule has 0 aliphatic rings. The predicted octanol–water partition coefficient (Wildman–Crippen LogP) is 3.01. The summed E-state index contributed by atoms with van der Waals surface area (Å²) in [5, 5.41) is 2.23. The number of halogens is 3. The van der Waals surface area contributed by atoms with Gasteiger partial charge in [0.25, 0.3) is 5.92 Å². The molecule has 18 heavy (non-hydrogen) atoms. The molecule has 100 valence electrons. The first-order chi connectivity index (χ1) is 8.53. The Balaban J connectivity index is 2.18. The molecule has 0 unspecified atom stereocenters. The predicted molar refractivity (Wildman–Crippen MR) is 67.9 cm³/mol. The van der Waals surface area contributed by atoms with E-state index in [1.807, 2.05) is 0 Å². The second-order valence-corrected chi connectivity index (χ2v) is 4.40. The maximum absolute atomic E-state index is 12.9. The van der Waals surface area contributed by atoms with Gasteiger partial charge in [-0.2, -0.15) is 0 Å². The largest absolute Gasteiger partial charge is 0.311 e. The molecule has 0 saturated heterocycles. The van der Waals surface area contributed by atoms with Crippen LogP contribution in [0, 0.1) is 0 Å². The number of rotatable bonds is 7. The summed E-state index contributed by atoms with van der Waals surface area (Å²) in [4.78, 5) is 19.0. The smallest absolute Gasteiger partial charge is 0.257 e. The summed E-state index contributed by atoms with van der Waals surface area (Å²) < 4.78 is 25.7. The Hall–Kier alpha value is -1.11. The molecular weight excluding hydrogens is 308 g/mol. The first-order valence-electron chi connectivity index (χ1n) is 5.53. The van der Waals surface area contributed by atoms with Crippen LogP contribution in [0.15, 0.2) is 18.6 Å². The van der Waals surface area contributed by atoms with Crippen LogP contribution in [0.5, 0.6) is 0 Å². The number of amides is 1. The molecule has 0 saturated carbocycles. The molecule has 1 N–H and O–H groups in total. The number of nitrogens with one attached hydrogen (secondary N) is 1. The van der Waals surface area contributed by atoms with Gasteiger partial charge >= 0.3 is 0 Å². The number of carbonyl (C=O) groups excluding carboxylic acids is 1. The number of unbranched alkanes of at least 4 members (excludes halogenated alkanes) is 1. The van der Waals surface area contributed by atoms with E-state index in [-0.39, 0.29) is 24.1 Å². The van der Waals surface area contributed by atoms with E-state index in [0.29, 0.717) is 18.7 Å². The highest BCUT2D eigenvalue weighted by molar-refractivity contribution is 9.09. The summed E-state index contributed by atoms with van der Waals surface area (Å²) in [6.45, 7) is 0. The van der Waals surface area contributed by atoms with Crippen molar-refractivity contribution >= 4 is 27.7 Å². The van der Waals surface area contributed by atoms with Crippen molar-refractivity contribution in [2.45, 2.75) is 31.6 Å². The highest BCUT2D eigenvalue weighted by Crippen LogP contribution is 2.23. The Morgan fingerprint density at radius 2 is 2.22 bits per heavy atom. The van der Waals surface area contributed by atoms with E-state index >= 15 is 0 Å². The normalized spacial score (nSPS) is 11.3. The molecule has 0 radical (unpaired) electrons. The Bertz CT molecular complexity index is 376.